The van der Waals surface area contributed by atoms with Crippen LogP contribution in [0.5, 0.6) is 0 Å². The molecule has 2 aromatic heterocycles. The van der Waals surface area contributed by atoms with Gasteiger partial charge in [-0.3, -0.25) is 4.40 Å². The lowest BCUT2D eigenvalue weighted by molar-refractivity contribution is 0.540. The molecule has 90 valence electrons. The summed E-state index contributed by atoms with van der Waals surface area (Å²) in [7, 11) is 0. The number of hydrogen-bond acceptors (Lipinski definition) is 4. The van der Waals surface area contributed by atoms with E-state index >= 15 is 0 Å². The maximum Gasteiger partial charge on any atom is 0.255 e. The van der Waals surface area contributed by atoms with Crippen LogP contribution in [0.25, 0.3) is 5.78 Å². The van der Waals surface area contributed by atoms with Gasteiger partial charge in [-0.2, -0.15) is 0 Å². The smallest absolute Gasteiger partial charge is 0.255 e. The highest BCUT2D eigenvalue weighted by Crippen LogP contribution is 2.27. The first kappa shape index (κ1) is 10.7. The summed E-state index contributed by atoms with van der Waals surface area (Å²) in [6, 6.07) is 2.08. The number of aromatic nitrogens is 4. The van der Waals surface area contributed by atoms with Crippen LogP contribution in [-0.2, 0) is 0 Å². The van der Waals surface area contributed by atoms with Crippen LogP contribution in [0.2, 0.25) is 0 Å². The first-order valence-electron chi connectivity index (χ1n) is 6.07. The van der Waals surface area contributed by atoms with Crippen molar-refractivity contribution in [1.82, 2.24) is 24.9 Å². The molecule has 1 fully saturated rings. The molecule has 0 saturated carbocycles. The second-order valence-electron chi connectivity index (χ2n) is 4.97. The van der Waals surface area contributed by atoms with Crippen molar-refractivity contribution >= 4 is 5.78 Å². The third-order valence-electron chi connectivity index (χ3n) is 3.57. The SMILES string of the molecule is Cc1cc(C)n2c(C3CNCC3C)nnc2n1. The molecule has 1 saturated heterocycles. The van der Waals surface area contributed by atoms with E-state index in [-0.39, 0.29) is 0 Å². The average molecular weight is 231 g/mol. The van der Waals surface area contributed by atoms with Gasteiger partial charge in [0.1, 0.15) is 5.82 Å². The summed E-state index contributed by atoms with van der Waals surface area (Å²) in [5.74, 6) is 2.80. The van der Waals surface area contributed by atoms with Gasteiger partial charge in [0.05, 0.1) is 0 Å². The largest absolute Gasteiger partial charge is 0.316 e. The van der Waals surface area contributed by atoms with E-state index in [4.69, 9.17) is 0 Å². The number of fused-ring (bicyclic) bond motifs is 1. The highest BCUT2D eigenvalue weighted by Gasteiger charge is 2.29. The van der Waals surface area contributed by atoms with Gasteiger partial charge < -0.3 is 5.32 Å². The maximum atomic E-state index is 4.42. The number of nitrogens with one attached hydrogen (secondary N) is 1. The minimum absolute atomic E-state index is 0.438. The Balaban J connectivity index is 2.17. The zero-order valence-electron chi connectivity index (χ0n) is 10.4. The number of aryl methyl sites for hydroxylation is 2. The van der Waals surface area contributed by atoms with Crippen molar-refractivity contribution in [1.29, 1.82) is 0 Å². The Morgan fingerprint density at radius 3 is 2.82 bits per heavy atom. The minimum atomic E-state index is 0.438. The molecule has 0 amide bonds. The van der Waals surface area contributed by atoms with Crippen molar-refractivity contribution in [2.45, 2.75) is 26.7 Å². The third-order valence-corrected chi connectivity index (χ3v) is 3.57. The second-order valence-corrected chi connectivity index (χ2v) is 4.97. The summed E-state index contributed by atoms with van der Waals surface area (Å²) in [6.07, 6.45) is 0. The van der Waals surface area contributed by atoms with Gasteiger partial charge in [0.15, 0.2) is 0 Å². The zero-order chi connectivity index (χ0) is 12.0. The fourth-order valence-electron chi connectivity index (χ4n) is 2.65. The predicted molar refractivity (Wildman–Crippen MR) is 65.0 cm³/mol. The van der Waals surface area contributed by atoms with Gasteiger partial charge in [-0.05, 0) is 32.4 Å². The Morgan fingerprint density at radius 2 is 2.12 bits per heavy atom. The van der Waals surface area contributed by atoms with E-state index in [0.29, 0.717) is 11.8 Å². The lowest BCUT2D eigenvalue weighted by Crippen LogP contribution is -2.13. The van der Waals surface area contributed by atoms with E-state index < -0.39 is 0 Å². The highest BCUT2D eigenvalue weighted by atomic mass is 15.3. The van der Waals surface area contributed by atoms with Gasteiger partial charge in [0, 0.05) is 23.9 Å². The predicted octanol–water partition coefficient (Wildman–Crippen LogP) is 1.06. The molecule has 0 aromatic carbocycles. The van der Waals surface area contributed by atoms with Gasteiger partial charge in [-0.25, -0.2) is 4.98 Å². The Labute approximate surface area is 100 Å². The van der Waals surface area contributed by atoms with E-state index in [1.807, 2.05) is 6.92 Å². The van der Waals surface area contributed by atoms with Crippen molar-refractivity contribution in [3.05, 3.63) is 23.3 Å². The maximum absolute atomic E-state index is 4.42. The monoisotopic (exact) mass is 231 g/mol. The number of hydrogen-bond donors (Lipinski definition) is 1. The van der Waals surface area contributed by atoms with Crippen molar-refractivity contribution in [2.75, 3.05) is 13.1 Å². The topological polar surface area (TPSA) is 55.1 Å². The van der Waals surface area contributed by atoms with Crippen LogP contribution in [0.1, 0.15) is 30.1 Å². The van der Waals surface area contributed by atoms with Gasteiger partial charge in [-0.1, -0.05) is 6.92 Å². The summed E-state index contributed by atoms with van der Waals surface area (Å²) in [6.45, 7) is 8.36. The van der Waals surface area contributed by atoms with E-state index in [2.05, 4.69) is 44.8 Å². The molecule has 3 rings (SSSR count). The number of rotatable bonds is 1. The molecule has 5 nitrogen and oxygen atoms in total. The van der Waals surface area contributed by atoms with Gasteiger partial charge >= 0.3 is 0 Å². The molecule has 0 spiro atoms. The average Bonchev–Trinajstić information content (AvgIpc) is 2.83. The molecule has 2 unspecified atom stereocenters. The molecule has 1 aliphatic heterocycles. The Bertz CT molecular complexity index is 559. The van der Waals surface area contributed by atoms with Crippen LogP contribution in [0.4, 0.5) is 0 Å². The molecule has 1 N–H and O–H groups in total. The molecule has 2 aromatic rings. The fraction of sp³-hybridized carbons (Fsp3) is 0.583. The second kappa shape index (κ2) is 3.77. The van der Waals surface area contributed by atoms with Gasteiger partial charge in [-0.15, -0.1) is 10.2 Å². The quantitative estimate of drug-likeness (QED) is 0.797. The summed E-state index contributed by atoms with van der Waals surface area (Å²) in [4.78, 5) is 4.42. The standard InChI is InChI=1S/C12H17N5/c1-7-5-13-6-10(7)11-15-16-12-14-8(2)4-9(3)17(11)12/h4,7,10,13H,5-6H2,1-3H3. The van der Waals surface area contributed by atoms with Crippen LogP contribution in [0.15, 0.2) is 6.07 Å². The molecule has 0 radical (unpaired) electrons. The zero-order valence-corrected chi connectivity index (χ0v) is 10.4. The number of nitrogens with zero attached hydrogens (tertiary/aromatic N) is 4. The highest BCUT2D eigenvalue weighted by molar-refractivity contribution is 5.33. The molecule has 0 aliphatic carbocycles. The first-order chi connectivity index (χ1) is 8.16. The van der Waals surface area contributed by atoms with E-state index in [1.165, 1.54) is 0 Å². The normalized spacial score (nSPS) is 24.6. The van der Waals surface area contributed by atoms with E-state index in [1.54, 1.807) is 0 Å². The lowest BCUT2D eigenvalue weighted by Gasteiger charge is -2.13. The molecule has 17 heavy (non-hydrogen) atoms. The molecule has 3 heterocycles. The van der Waals surface area contributed by atoms with Crippen molar-refractivity contribution in [3.8, 4) is 0 Å². The molecule has 0 bridgehead atoms. The Hall–Kier alpha value is -1.49. The lowest BCUT2D eigenvalue weighted by atomic mass is 9.97. The molecular weight excluding hydrogens is 214 g/mol. The van der Waals surface area contributed by atoms with Crippen LogP contribution < -0.4 is 5.32 Å². The summed E-state index contributed by atoms with van der Waals surface area (Å²) >= 11 is 0. The van der Waals surface area contributed by atoms with Crippen molar-refractivity contribution in [3.63, 3.8) is 0 Å². The third kappa shape index (κ3) is 1.61. The van der Waals surface area contributed by atoms with Crippen LogP contribution in [0.3, 0.4) is 0 Å². The fourth-order valence-corrected chi connectivity index (χ4v) is 2.65. The van der Waals surface area contributed by atoms with Crippen LogP contribution in [0, 0.1) is 19.8 Å². The van der Waals surface area contributed by atoms with Gasteiger partial charge in [0.25, 0.3) is 5.78 Å². The first-order valence-corrected chi connectivity index (χ1v) is 6.07. The molecular formula is C12H17N5. The van der Waals surface area contributed by atoms with Crippen molar-refractivity contribution in [2.24, 2.45) is 5.92 Å². The van der Waals surface area contributed by atoms with Crippen LogP contribution in [-0.4, -0.2) is 32.7 Å². The summed E-state index contributed by atoms with van der Waals surface area (Å²) in [5, 5.41) is 11.9. The Morgan fingerprint density at radius 1 is 1.29 bits per heavy atom. The van der Waals surface area contributed by atoms with Crippen LogP contribution >= 0.6 is 0 Å². The minimum Gasteiger partial charge on any atom is -0.316 e. The van der Waals surface area contributed by atoms with E-state index in [0.717, 1.165) is 36.1 Å². The molecule has 2 atom stereocenters. The summed E-state index contributed by atoms with van der Waals surface area (Å²) in [5.41, 5.74) is 2.15. The van der Waals surface area contributed by atoms with Crippen molar-refractivity contribution < 1.29 is 0 Å². The Kier molecular flexibility index (Phi) is 2.36. The summed E-state index contributed by atoms with van der Waals surface area (Å²) < 4.78 is 2.08. The van der Waals surface area contributed by atoms with E-state index in [9.17, 15) is 0 Å². The molecule has 5 heteroatoms. The van der Waals surface area contributed by atoms with Gasteiger partial charge in [0.2, 0.25) is 0 Å². The molecule has 1 aliphatic rings.